The predicted octanol–water partition coefficient (Wildman–Crippen LogP) is 4.34. The first-order valence-corrected chi connectivity index (χ1v) is 7.99. The van der Waals surface area contributed by atoms with Crippen molar-refractivity contribution in [2.24, 2.45) is 0 Å². The van der Waals surface area contributed by atoms with Gasteiger partial charge in [-0.05, 0) is 48.4 Å². The number of furan rings is 1. The molecule has 24 heavy (non-hydrogen) atoms. The summed E-state index contributed by atoms with van der Waals surface area (Å²) in [5.74, 6) is 0. The maximum absolute atomic E-state index is 9.48. The van der Waals surface area contributed by atoms with E-state index in [2.05, 4.69) is 35.4 Å². The number of nitrogens with zero attached hydrogens (tertiary/aromatic N) is 2. The monoisotopic (exact) mass is 318 g/mol. The lowest BCUT2D eigenvalue weighted by Crippen LogP contribution is -2.11. The number of hydrogen-bond donors (Lipinski definition) is 1. The highest BCUT2D eigenvalue weighted by atomic mass is 16.3. The van der Waals surface area contributed by atoms with Crippen molar-refractivity contribution in [3.63, 3.8) is 0 Å². The molecule has 4 rings (SSSR count). The molecule has 2 aromatic carbocycles. The van der Waals surface area contributed by atoms with Gasteiger partial charge in [0, 0.05) is 17.1 Å². The number of benzene rings is 2. The summed E-state index contributed by atoms with van der Waals surface area (Å²) in [5.41, 5.74) is 5.15. The number of aliphatic hydroxyl groups is 1. The molecule has 1 atom stereocenters. The topological polar surface area (TPSA) is 51.2 Å². The molecule has 4 heteroatoms. The molecule has 120 valence electrons. The van der Waals surface area contributed by atoms with E-state index in [1.807, 2.05) is 30.5 Å². The fraction of sp³-hybridized carbons (Fsp3) is 0.150. The van der Waals surface area contributed by atoms with Gasteiger partial charge in [0.25, 0.3) is 0 Å². The first-order chi connectivity index (χ1) is 11.7. The molecule has 0 aliphatic carbocycles. The summed E-state index contributed by atoms with van der Waals surface area (Å²) >= 11 is 0. The van der Waals surface area contributed by atoms with E-state index in [9.17, 15) is 5.11 Å². The van der Waals surface area contributed by atoms with Crippen LogP contribution in [-0.4, -0.2) is 21.0 Å². The highest BCUT2D eigenvalue weighted by molar-refractivity contribution is 5.84. The standard InChI is InChI=1S/C20H18N2O2/c1-14(23)13-22-9-7-19(21-22)17-4-2-3-15(11-17)16-5-6-20-18(12-16)8-10-24-20/h2-12,14,23H,13H2,1H3/t14-/m1/s1. The van der Waals surface area contributed by atoms with Gasteiger partial charge in [-0.15, -0.1) is 0 Å². The van der Waals surface area contributed by atoms with Gasteiger partial charge in [0.15, 0.2) is 0 Å². The van der Waals surface area contributed by atoms with Crippen molar-refractivity contribution in [2.45, 2.75) is 19.6 Å². The van der Waals surface area contributed by atoms with Crippen LogP contribution in [0.25, 0.3) is 33.4 Å². The lowest BCUT2D eigenvalue weighted by atomic mass is 10.0. The van der Waals surface area contributed by atoms with E-state index in [4.69, 9.17) is 4.42 Å². The second kappa shape index (κ2) is 5.98. The molecule has 0 saturated heterocycles. The Morgan fingerprint density at radius 3 is 2.75 bits per heavy atom. The molecule has 2 heterocycles. The molecule has 0 unspecified atom stereocenters. The van der Waals surface area contributed by atoms with Gasteiger partial charge in [0.05, 0.1) is 24.6 Å². The molecule has 1 N–H and O–H groups in total. The Morgan fingerprint density at radius 1 is 1.04 bits per heavy atom. The lowest BCUT2D eigenvalue weighted by Gasteiger charge is -2.05. The number of rotatable bonds is 4. The third kappa shape index (κ3) is 2.84. The van der Waals surface area contributed by atoms with Gasteiger partial charge in [-0.1, -0.05) is 24.3 Å². The number of aliphatic hydroxyl groups excluding tert-OH is 1. The van der Waals surface area contributed by atoms with Crippen molar-refractivity contribution >= 4 is 11.0 Å². The van der Waals surface area contributed by atoms with Gasteiger partial charge in [-0.25, -0.2) is 0 Å². The van der Waals surface area contributed by atoms with Gasteiger partial charge in [-0.2, -0.15) is 5.10 Å². The van der Waals surface area contributed by atoms with E-state index in [1.165, 1.54) is 0 Å². The minimum absolute atomic E-state index is 0.411. The molecule has 0 amide bonds. The Labute approximate surface area is 140 Å². The minimum atomic E-state index is -0.411. The van der Waals surface area contributed by atoms with Gasteiger partial charge >= 0.3 is 0 Å². The summed E-state index contributed by atoms with van der Waals surface area (Å²) in [7, 11) is 0. The molecule has 4 aromatic rings. The first-order valence-electron chi connectivity index (χ1n) is 7.99. The molecule has 0 spiro atoms. The fourth-order valence-corrected chi connectivity index (χ4v) is 2.89. The van der Waals surface area contributed by atoms with Crippen LogP contribution in [0.2, 0.25) is 0 Å². The fourth-order valence-electron chi connectivity index (χ4n) is 2.89. The van der Waals surface area contributed by atoms with E-state index in [1.54, 1.807) is 17.9 Å². The van der Waals surface area contributed by atoms with Crippen LogP contribution >= 0.6 is 0 Å². The minimum Gasteiger partial charge on any atom is -0.464 e. The average molecular weight is 318 g/mol. The highest BCUT2D eigenvalue weighted by Gasteiger charge is 2.07. The molecule has 0 fully saturated rings. The van der Waals surface area contributed by atoms with Crippen LogP contribution in [0.1, 0.15) is 6.92 Å². The Bertz CT molecular complexity index is 982. The van der Waals surface area contributed by atoms with Crippen LogP contribution in [0.3, 0.4) is 0 Å². The Morgan fingerprint density at radius 2 is 1.88 bits per heavy atom. The summed E-state index contributed by atoms with van der Waals surface area (Å²) in [5, 5.41) is 15.1. The second-order valence-corrected chi connectivity index (χ2v) is 6.03. The average Bonchev–Trinajstić information content (AvgIpc) is 3.22. The summed E-state index contributed by atoms with van der Waals surface area (Å²) in [6.07, 6.45) is 3.19. The van der Waals surface area contributed by atoms with Crippen molar-refractivity contribution in [3.8, 4) is 22.4 Å². The Balaban J connectivity index is 1.69. The quantitative estimate of drug-likeness (QED) is 0.609. The third-order valence-electron chi connectivity index (χ3n) is 4.04. The summed E-state index contributed by atoms with van der Waals surface area (Å²) in [6, 6.07) is 18.5. The maximum Gasteiger partial charge on any atom is 0.133 e. The maximum atomic E-state index is 9.48. The van der Waals surface area contributed by atoms with Gasteiger partial charge in [-0.3, -0.25) is 4.68 Å². The molecule has 2 aromatic heterocycles. The van der Waals surface area contributed by atoms with Crippen LogP contribution in [0.5, 0.6) is 0 Å². The smallest absolute Gasteiger partial charge is 0.133 e. The largest absolute Gasteiger partial charge is 0.464 e. The van der Waals surface area contributed by atoms with E-state index in [-0.39, 0.29) is 0 Å². The number of fused-ring (bicyclic) bond motifs is 1. The third-order valence-corrected chi connectivity index (χ3v) is 4.04. The summed E-state index contributed by atoms with van der Waals surface area (Å²) < 4.78 is 7.17. The predicted molar refractivity (Wildman–Crippen MR) is 94.6 cm³/mol. The van der Waals surface area contributed by atoms with Crippen molar-refractivity contribution in [1.82, 2.24) is 9.78 Å². The molecule has 0 saturated carbocycles. The Kier molecular flexibility index (Phi) is 3.67. The zero-order valence-electron chi connectivity index (χ0n) is 13.4. The van der Waals surface area contributed by atoms with Crippen molar-refractivity contribution in [2.75, 3.05) is 0 Å². The summed E-state index contributed by atoms with van der Waals surface area (Å²) in [6.45, 7) is 2.25. The molecule has 0 aliphatic heterocycles. The van der Waals surface area contributed by atoms with Gasteiger partial charge in [0.1, 0.15) is 5.58 Å². The first kappa shape index (κ1) is 14.7. The second-order valence-electron chi connectivity index (χ2n) is 6.03. The van der Waals surface area contributed by atoms with Crippen LogP contribution in [-0.2, 0) is 6.54 Å². The van der Waals surface area contributed by atoms with Crippen LogP contribution < -0.4 is 0 Å². The van der Waals surface area contributed by atoms with Crippen LogP contribution in [0.4, 0.5) is 0 Å². The number of aromatic nitrogens is 2. The zero-order chi connectivity index (χ0) is 16.5. The molecule has 0 bridgehead atoms. The van der Waals surface area contributed by atoms with Crippen LogP contribution in [0, 0.1) is 0 Å². The van der Waals surface area contributed by atoms with E-state index in [0.29, 0.717) is 6.54 Å². The van der Waals surface area contributed by atoms with E-state index in [0.717, 1.165) is 33.4 Å². The van der Waals surface area contributed by atoms with E-state index < -0.39 is 6.10 Å². The molecule has 0 radical (unpaired) electrons. The van der Waals surface area contributed by atoms with Gasteiger partial charge < -0.3 is 9.52 Å². The normalized spacial score (nSPS) is 12.6. The van der Waals surface area contributed by atoms with Crippen molar-refractivity contribution in [1.29, 1.82) is 0 Å². The molecular weight excluding hydrogens is 300 g/mol. The molecular formula is C20H18N2O2. The van der Waals surface area contributed by atoms with Crippen molar-refractivity contribution < 1.29 is 9.52 Å². The number of hydrogen-bond acceptors (Lipinski definition) is 3. The summed E-state index contributed by atoms with van der Waals surface area (Å²) in [4.78, 5) is 0. The van der Waals surface area contributed by atoms with Gasteiger partial charge in [0.2, 0.25) is 0 Å². The van der Waals surface area contributed by atoms with Crippen molar-refractivity contribution in [3.05, 3.63) is 67.1 Å². The van der Waals surface area contributed by atoms with E-state index >= 15 is 0 Å². The SMILES string of the molecule is C[C@@H](O)Cn1ccc(-c2cccc(-c3ccc4occc4c3)c2)n1. The van der Waals surface area contributed by atoms with Crippen LogP contribution in [0.15, 0.2) is 71.5 Å². The molecule has 4 nitrogen and oxygen atoms in total. The lowest BCUT2D eigenvalue weighted by molar-refractivity contribution is 0.168. The molecule has 0 aliphatic rings. The Hall–Kier alpha value is -2.85. The highest BCUT2D eigenvalue weighted by Crippen LogP contribution is 2.28. The zero-order valence-corrected chi connectivity index (χ0v) is 13.4.